The SMILES string of the molecule is CCNC(=NCCCCOCCc1ccccc1)N1CCC(COCCOC)C1.I. The number of likely N-dealkylation sites (tertiary alicyclic amines) is 1. The molecular weight excluding hydrogens is 493 g/mol. The Hall–Kier alpha value is -0.900. The van der Waals surface area contributed by atoms with Crippen LogP contribution in [0.25, 0.3) is 0 Å². The van der Waals surface area contributed by atoms with Crippen molar-refractivity contribution < 1.29 is 14.2 Å². The molecule has 1 unspecified atom stereocenters. The molecule has 7 heteroatoms. The molecule has 0 bridgehead atoms. The molecule has 1 aromatic carbocycles. The van der Waals surface area contributed by atoms with Crippen LogP contribution in [0.5, 0.6) is 0 Å². The van der Waals surface area contributed by atoms with Crippen LogP contribution >= 0.6 is 24.0 Å². The zero-order valence-electron chi connectivity index (χ0n) is 18.7. The van der Waals surface area contributed by atoms with E-state index < -0.39 is 0 Å². The maximum absolute atomic E-state index is 5.76. The van der Waals surface area contributed by atoms with Crippen molar-refractivity contribution in [1.29, 1.82) is 0 Å². The smallest absolute Gasteiger partial charge is 0.193 e. The van der Waals surface area contributed by atoms with Gasteiger partial charge in [-0.1, -0.05) is 30.3 Å². The number of benzene rings is 1. The van der Waals surface area contributed by atoms with Crippen molar-refractivity contribution in [3.8, 4) is 0 Å². The monoisotopic (exact) mass is 533 g/mol. The maximum Gasteiger partial charge on any atom is 0.193 e. The van der Waals surface area contributed by atoms with Gasteiger partial charge >= 0.3 is 0 Å². The Morgan fingerprint density at radius 1 is 1.10 bits per heavy atom. The molecule has 1 N–H and O–H groups in total. The summed E-state index contributed by atoms with van der Waals surface area (Å²) in [6.07, 6.45) is 4.24. The van der Waals surface area contributed by atoms with Gasteiger partial charge in [-0.25, -0.2) is 0 Å². The Morgan fingerprint density at radius 2 is 1.93 bits per heavy atom. The first-order valence-corrected chi connectivity index (χ1v) is 11.0. The molecule has 1 aliphatic rings. The van der Waals surface area contributed by atoms with Crippen molar-refractivity contribution in [1.82, 2.24) is 10.2 Å². The third kappa shape index (κ3) is 11.5. The zero-order chi connectivity index (χ0) is 20.6. The summed E-state index contributed by atoms with van der Waals surface area (Å²) in [6, 6.07) is 10.5. The molecule has 0 radical (unpaired) electrons. The van der Waals surface area contributed by atoms with Crippen LogP contribution < -0.4 is 5.32 Å². The highest BCUT2D eigenvalue weighted by atomic mass is 127. The summed E-state index contributed by atoms with van der Waals surface area (Å²) in [5, 5.41) is 3.43. The van der Waals surface area contributed by atoms with Gasteiger partial charge in [-0.15, -0.1) is 24.0 Å². The Balaban J connectivity index is 0.00000450. The normalized spacial score (nSPS) is 16.5. The van der Waals surface area contributed by atoms with Gasteiger partial charge in [-0.3, -0.25) is 4.99 Å². The van der Waals surface area contributed by atoms with Gasteiger partial charge in [0.2, 0.25) is 0 Å². The van der Waals surface area contributed by atoms with Crippen molar-refractivity contribution in [2.24, 2.45) is 10.9 Å². The van der Waals surface area contributed by atoms with E-state index in [-0.39, 0.29) is 24.0 Å². The molecule has 0 amide bonds. The van der Waals surface area contributed by atoms with E-state index in [1.165, 1.54) is 5.56 Å². The second-order valence-electron chi connectivity index (χ2n) is 7.46. The first-order valence-electron chi connectivity index (χ1n) is 11.0. The highest BCUT2D eigenvalue weighted by Gasteiger charge is 2.24. The number of hydrogen-bond acceptors (Lipinski definition) is 4. The fourth-order valence-corrected chi connectivity index (χ4v) is 3.42. The largest absolute Gasteiger partial charge is 0.382 e. The second kappa shape index (κ2) is 17.7. The lowest BCUT2D eigenvalue weighted by Crippen LogP contribution is -2.40. The maximum atomic E-state index is 5.76. The lowest BCUT2D eigenvalue weighted by molar-refractivity contribution is 0.0536. The predicted octanol–water partition coefficient (Wildman–Crippen LogP) is 3.59. The summed E-state index contributed by atoms with van der Waals surface area (Å²) in [6.45, 7) is 9.67. The topological polar surface area (TPSA) is 55.3 Å². The molecule has 1 aliphatic heterocycles. The summed E-state index contributed by atoms with van der Waals surface area (Å²) >= 11 is 0. The van der Waals surface area contributed by atoms with Crippen molar-refractivity contribution in [2.45, 2.75) is 32.6 Å². The van der Waals surface area contributed by atoms with Crippen LogP contribution in [0.15, 0.2) is 35.3 Å². The molecule has 1 aromatic rings. The first-order chi connectivity index (χ1) is 14.3. The molecule has 1 saturated heterocycles. The van der Waals surface area contributed by atoms with E-state index in [0.717, 1.165) is 77.6 Å². The fraction of sp³-hybridized carbons (Fsp3) is 0.696. The van der Waals surface area contributed by atoms with E-state index in [1.807, 2.05) is 6.07 Å². The molecule has 172 valence electrons. The predicted molar refractivity (Wildman–Crippen MR) is 134 cm³/mol. The Morgan fingerprint density at radius 3 is 2.70 bits per heavy atom. The number of aliphatic imine (C=N–C) groups is 1. The third-order valence-corrected chi connectivity index (χ3v) is 5.04. The molecule has 6 nitrogen and oxygen atoms in total. The van der Waals surface area contributed by atoms with Gasteiger partial charge in [-0.2, -0.15) is 0 Å². The average molecular weight is 533 g/mol. The molecule has 2 rings (SSSR count). The Kier molecular flexibility index (Phi) is 16.1. The van der Waals surface area contributed by atoms with Crippen molar-refractivity contribution >= 4 is 29.9 Å². The Bertz CT molecular complexity index is 560. The average Bonchev–Trinajstić information content (AvgIpc) is 3.22. The molecule has 0 aromatic heterocycles. The molecule has 1 fully saturated rings. The summed E-state index contributed by atoms with van der Waals surface area (Å²) in [7, 11) is 1.71. The molecule has 0 saturated carbocycles. The van der Waals surface area contributed by atoms with E-state index >= 15 is 0 Å². The number of nitrogens with zero attached hydrogens (tertiary/aromatic N) is 2. The minimum atomic E-state index is 0. The van der Waals surface area contributed by atoms with Crippen LogP contribution in [0.2, 0.25) is 0 Å². The van der Waals surface area contributed by atoms with Gasteiger partial charge in [0.05, 0.1) is 26.4 Å². The molecule has 0 aliphatic carbocycles. The molecule has 1 heterocycles. The van der Waals surface area contributed by atoms with Crippen LogP contribution in [0.1, 0.15) is 31.7 Å². The van der Waals surface area contributed by atoms with Crippen molar-refractivity contribution in [2.75, 3.05) is 66.3 Å². The fourth-order valence-electron chi connectivity index (χ4n) is 3.42. The van der Waals surface area contributed by atoms with Crippen molar-refractivity contribution in [3.63, 3.8) is 0 Å². The lowest BCUT2D eigenvalue weighted by atomic mass is 10.1. The number of rotatable bonds is 14. The van der Waals surface area contributed by atoms with Gasteiger partial charge < -0.3 is 24.4 Å². The minimum Gasteiger partial charge on any atom is -0.382 e. The Labute approximate surface area is 199 Å². The molecular formula is C23H40IN3O3. The van der Waals surface area contributed by atoms with Gasteiger partial charge in [0, 0.05) is 45.8 Å². The number of hydrogen-bond donors (Lipinski definition) is 1. The summed E-state index contributed by atoms with van der Waals surface area (Å²) in [4.78, 5) is 7.19. The standard InChI is InChI=1S/C23H39N3O3.HI/c1-3-24-23(26-14-11-22(19-26)20-29-18-17-27-2)25-13-7-8-15-28-16-12-21-9-5-4-6-10-21;/h4-6,9-10,22H,3,7-8,11-20H2,1-2H3,(H,24,25);1H. The van der Waals surface area contributed by atoms with Crippen LogP contribution in [0.3, 0.4) is 0 Å². The van der Waals surface area contributed by atoms with Gasteiger partial charge in [0.15, 0.2) is 5.96 Å². The van der Waals surface area contributed by atoms with Gasteiger partial charge in [-0.05, 0) is 38.2 Å². The van der Waals surface area contributed by atoms with Crippen LogP contribution in [-0.4, -0.2) is 77.2 Å². The molecule has 1 atom stereocenters. The van der Waals surface area contributed by atoms with E-state index in [1.54, 1.807) is 7.11 Å². The van der Waals surface area contributed by atoms with E-state index in [0.29, 0.717) is 19.1 Å². The van der Waals surface area contributed by atoms with Gasteiger partial charge in [0.1, 0.15) is 0 Å². The number of unbranched alkanes of at least 4 members (excludes halogenated alkanes) is 1. The van der Waals surface area contributed by atoms with Crippen LogP contribution in [-0.2, 0) is 20.6 Å². The molecule has 30 heavy (non-hydrogen) atoms. The zero-order valence-corrected chi connectivity index (χ0v) is 21.0. The second-order valence-corrected chi connectivity index (χ2v) is 7.46. The van der Waals surface area contributed by atoms with Crippen LogP contribution in [0.4, 0.5) is 0 Å². The number of nitrogens with one attached hydrogen (secondary N) is 1. The first kappa shape index (κ1) is 27.1. The van der Waals surface area contributed by atoms with E-state index in [4.69, 9.17) is 19.2 Å². The summed E-state index contributed by atoms with van der Waals surface area (Å²) < 4.78 is 16.5. The highest BCUT2D eigenvalue weighted by Crippen LogP contribution is 2.16. The number of ether oxygens (including phenoxy) is 3. The third-order valence-electron chi connectivity index (χ3n) is 5.04. The van der Waals surface area contributed by atoms with Crippen LogP contribution in [0, 0.1) is 5.92 Å². The van der Waals surface area contributed by atoms with Crippen molar-refractivity contribution in [3.05, 3.63) is 35.9 Å². The lowest BCUT2D eigenvalue weighted by Gasteiger charge is -2.21. The number of halogens is 1. The summed E-state index contributed by atoms with van der Waals surface area (Å²) in [5.41, 5.74) is 1.33. The summed E-state index contributed by atoms with van der Waals surface area (Å²) in [5.74, 6) is 1.62. The number of methoxy groups -OCH3 is 1. The van der Waals surface area contributed by atoms with Gasteiger partial charge in [0.25, 0.3) is 0 Å². The minimum absolute atomic E-state index is 0. The number of guanidine groups is 1. The highest BCUT2D eigenvalue weighted by molar-refractivity contribution is 14.0. The molecule has 0 spiro atoms. The quantitative estimate of drug-likeness (QED) is 0.172. The van der Waals surface area contributed by atoms with E-state index in [2.05, 4.69) is 41.4 Å². The van der Waals surface area contributed by atoms with E-state index in [9.17, 15) is 0 Å².